The molecule has 1 saturated carbocycles. The third kappa shape index (κ3) is 1.96. The van der Waals surface area contributed by atoms with Crippen LogP contribution >= 0.6 is 0 Å². The zero-order valence-electron chi connectivity index (χ0n) is 11.1. The monoisotopic (exact) mass is 280 g/mol. The molecule has 1 aliphatic rings. The van der Waals surface area contributed by atoms with Crippen LogP contribution in [-0.4, -0.2) is 30.7 Å². The number of nitrogens with zero attached hydrogens (tertiary/aromatic N) is 4. The molecular formula is C15H12N4O2. The summed E-state index contributed by atoms with van der Waals surface area (Å²) in [7, 11) is 0. The second-order valence-electron chi connectivity index (χ2n) is 5.20. The normalized spacial score (nSPS) is 14.5. The van der Waals surface area contributed by atoms with Gasteiger partial charge in [-0.05, 0) is 36.5 Å². The average molecular weight is 280 g/mol. The van der Waals surface area contributed by atoms with Crippen molar-refractivity contribution in [1.82, 2.24) is 19.6 Å². The maximum atomic E-state index is 11.6. The van der Waals surface area contributed by atoms with Crippen LogP contribution in [0.15, 0.2) is 36.9 Å². The van der Waals surface area contributed by atoms with Crippen LogP contribution in [0.4, 0.5) is 0 Å². The van der Waals surface area contributed by atoms with Gasteiger partial charge in [-0.1, -0.05) is 0 Å². The summed E-state index contributed by atoms with van der Waals surface area (Å²) in [5.41, 5.74) is 2.74. The number of fused-ring (bicyclic) bond motifs is 1. The molecule has 0 aromatic carbocycles. The second-order valence-corrected chi connectivity index (χ2v) is 5.20. The summed E-state index contributed by atoms with van der Waals surface area (Å²) >= 11 is 0. The number of hydrogen-bond acceptors (Lipinski definition) is 4. The molecule has 6 heteroatoms. The SMILES string of the molecule is O=C(O)c1c(-c2cncc(C3CC3)c2)nn2cccnc12. The standard InChI is InChI=1S/C15H12N4O2/c20-15(21)12-13(18-19-5-1-4-17-14(12)19)11-6-10(7-16-8-11)9-2-3-9/h1,4-9H,2-3H2,(H,20,21). The number of carboxylic acid groups (broad SMARTS) is 1. The first-order chi connectivity index (χ1) is 10.2. The lowest BCUT2D eigenvalue weighted by atomic mass is 10.1. The molecule has 0 bridgehead atoms. The highest BCUT2D eigenvalue weighted by molar-refractivity contribution is 6.01. The van der Waals surface area contributed by atoms with Crippen molar-refractivity contribution in [3.8, 4) is 11.3 Å². The summed E-state index contributed by atoms with van der Waals surface area (Å²) in [6.45, 7) is 0. The number of rotatable bonds is 3. The van der Waals surface area contributed by atoms with Gasteiger partial charge in [0.1, 0.15) is 11.3 Å². The van der Waals surface area contributed by atoms with Gasteiger partial charge in [0.15, 0.2) is 5.65 Å². The van der Waals surface area contributed by atoms with Crippen LogP contribution in [0.5, 0.6) is 0 Å². The minimum atomic E-state index is -1.03. The number of hydrogen-bond donors (Lipinski definition) is 1. The first-order valence-corrected chi connectivity index (χ1v) is 6.76. The molecule has 1 aliphatic carbocycles. The summed E-state index contributed by atoms with van der Waals surface area (Å²) in [5, 5.41) is 13.8. The third-order valence-corrected chi connectivity index (χ3v) is 3.69. The van der Waals surface area contributed by atoms with E-state index in [-0.39, 0.29) is 5.56 Å². The molecule has 0 radical (unpaired) electrons. The van der Waals surface area contributed by atoms with E-state index >= 15 is 0 Å². The molecule has 3 aromatic heterocycles. The maximum absolute atomic E-state index is 11.6. The molecule has 0 amide bonds. The summed E-state index contributed by atoms with van der Waals surface area (Å²) in [6.07, 6.45) is 9.09. The summed E-state index contributed by atoms with van der Waals surface area (Å²) in [4.78, 5) is 19.9. The number of aromatic nitrogens is 4. The number of pyridine rings is 1. The molecule has 0 unspecified atom stereocenters. The lowest BCUT2D eigenvalue weighted by Gasteiger charge is -2.01. The highest BCUT2D eigenvalue weighted by Gasteiger charge is 2.26. The summed E-state index contributed by atoms with van der Waals surface area (Å²) in [6, 6.07) is 3.70. The first kappa shape index (κ1) is 12.0. The van der Waals surface area contributed by atoms with E-state index in [9.17, 15) is 9.90 Å². The van der Waals surface area contributed by atoms with Crippen molar-refractivity contribution in [2.45, 2.75) is 18.8 Å². The molecule has 3 heterocycles. The van der Waals surface area contributed by atoms with Crippen LogP contribution in [0.3, 0.4) is 0 Å². The highest BCUT2D eigenvalue weighted by Crippen LogP contribution is 2.40. The van der Waals surface area contributed by atoms with E-state index in [0.717, 1.165) is 11.1 Å². The maximum Gasteiger partial charge on any atom is 0.341 e. The molecule has 0 atom stereocenters. The Kier molecular flexibility index (Phi) is 2.50. The van der Waals surface area contributed by atoms with Crippen LogP contribution < -0.4 is 0 Å². The Labute approximate surface area is 120 Å². The van der Waals surface area contributed by atoms with Crippen molar-refractivity contribution in [1.29, 1.82) is 0 Å². The number of carboxylic acids is 1. The van der Waals surface area contributed by atoms with E-state index in [1.54, 1.807) is 24.7 Å². The van der Waals surface area contributed by atoms with E-state index in [4.69, 9.17) is 0 Å². The van der Waals surface area contributed by atoms with Gasteiger partial charge in [-0.25, -0.2) is 14.3 Å². The summed E-state index contributed by atoms with van der Waals surface area (Å²) in [5.74, 6) is -0.476. The van der Waals surface area contributed by atoms with Gasteiger partial charge in [0.2, 0.25) is 0 Å². The molecule has 0 aliphatic heterocycles. The van der Waals surface area contributed by atoms with Crippen LogP contribution in [0.25, 0.3) is 16.9 Å². The second kappa shape index (κ2) is 4.37. The Bertz CT molecular complexity index is 852. The molecule has 0 saturated heterocycles. The zero-order valence-corrected chi connectivity index (χ0v) is 11.1. The van der Waals surface area contributed by atoms with E-state index in [1.165, 1.54) is 17.4 Å². The van der Waals surface area contributed by atoms with Crippen molar-refractivity contribution < 1.29 is 9.90 Å². The molecule has 0 spiro atoms. The Morgan fingerprint density at radius 2 is 2.19 bits per heavy atom. The third-order valence-electron chi connectivity index (χ3n) is 3.69. The molecule has 3 aromatic rings. The smallest absolute Gasteiger partial charge is 0.341 e. The van der Waals surface area contributed by atoms with Crippen LogP contribution in [0, 0.1) is 0 Å². The van der Waals surface area contributed by atoms with Gasteiger partial charge in [0.25, 0.3) is 0 Å². The molecular weight excluding hydrogens is 268 g/mol. The van der Waals surface area contributed by atoms with Gasteiger partial charge in [-0.3, -0.25) is 4.98 Å². The zero-order chi connectivity index (χ0) is 14.4. The molecule has 104 valence electrons. The van der Waals surface area contributed by atoms with E-state index in [0.29, 0.717) is 17.3 Å². The lowest BCUT2D eigenvalue weighted by molar-refractivity contribution is 0.0699. The van der Waals surface area contributed by atoms with Gasteiger partial charge >= 0.3 is 5.97 Å². The van der Waals surface area contributed by atoms with Crippen LogP contribution in [-0.2, 0) is 0 Å². The predicted molar refractivity (Wildman–Crippen MR) is 75.2 cm³/mol. The largest absolute Gasteiger partial charge is 0.477 e. The van der Waals surface area contributed by atoms with Crippen LogP contribution in [0.2, 0.25) is 0 Å². The Morgan fingerprint density at radius 1 is 1.33 bits per heavy atom. The van der Waals surface area contributed by atoms with E-state index < -0.39 is 5.97 Å². The van der Waals surface area contributed by atoms with E-state index in [1.807, 2.05) is 12.3 Å². The van der Waals surface area contributed by atoms with Crippen LogP contribution in [0.1, 0.15) is 34.7 Å². The fraction of sp³-hybridized carbons (Fsp3) is 0.200. The minimum absolute atomic E-state index is 0.116. The topological polar surface area (TPSA) is 80.4 Å². The quantitative estimate of drug-likeness (QED) is 0.796. The first-order valence-electron chi connectivity index (χ1n) is 6.76. The molecule has 4 rings (SSSR count). The minimum Gasteiger partial charge on any atom is -0.477 e. The van der Waals surface area contributed by atoms with Gasteiger partial charge < -0.3 is 5.11 Å². The van der Waals surface area contributed by atoms with Crippen molar-refractivity contribution in [3.05, 3.63) is 48.0 Å². The Balaban J connectivity index is 1.95. The van der Waals surface area contributed by atoms with Gasteiger partial charge in [0, 0.05) is 30.4 Å². The fourth-order valence-corrected chi connectivity index (χ4v) is 2.51. The Morgan fingerprint density at radius 3 is 2.95 bits per heavy atom. The number of aromatic carboxylic acids is 1. The average Bonchev–Trinajstić information content (AvgIpc) is 3.27. The molecule has 1 N–H and O–H groups in total. The molecule has 6 nitrogen and oxygen atoms in total. The summed E-state index contributed by atoms with van der Waals surface area (Å²) < 4.78 is 1.49. The number of carbonyl (C=O) groups is 1. The highest BCUT2D eigenvalue weighted by atomic mass is 16.4. The molecule has 1 fully saturated rings. The van der Waals surface area contributed by atoms with Crippen molar-refractivity contribution >= 4 is 11.6 Å². The fourth-order valence-electron chi connectivity index (χ4n) is 2.51. The van der Waals surface area contributed by atoms with Gasteiger partial charge in [-0.2, -0.15) is 5.10 Å². The van der Waals surface area contributed by atoms with Crippen molar-refractivity contribution in [3.63, 3.8) is 0 Å². The van der Waals surface area contributed by atoms with Gasteiger partial charge in [0.05, 0.1) is 0 Å². The van der Waals surface area contributed by atoms with E-state index in [2.05, 4.69) is 15.1 Å². The van der Waals surface area contributed by atoms with Gasteiger partial charge in [-0.15, -0.1) is 0 Å². The lowest BCUT2D eigenvalue weighted by Crippen LogP contribution is -1.99. The molecule has 21 heavy (non-hydrogen) atoms. The van der Waals surface area contributed by atoms with Crippen molar-refractivity contribution in [2.24, 2.45) is 0 Å². The Hall–Kier alpha value is -2.76. The predicted octanol–water partition coefficient (Wildman–Crippen LogP) is 2.37. The van der Waals surface area contributed by atoms with Crippen molar-refractivity contribution in [2.75, 3.05) is 0 Å².